The fourth-order valence-corrected chi connectivity index (χ4v) is 0.994. The van der Waals surface area contributed by atoms with Crippen LogP contribution in [-0.2, 0) is 0 Å². The van der Waals surface area contributed by atoms with Gasteiger partial charge in [0.15, 0.2) is 0 Å². The molecule has 0 spiro atoms. The van der Waals surface area contributed by atoms with Gasteiger partial charge in [0, 0.05) is 6.04 Å². The van der Waals surface area contributed by atoms with Gasteiger partial charge in [-0.25, -0.2) is 0 Å². The molecular formula is C6H13NO. The summed E-state index contributed by atoms with van der Waals surface area (Å²) < 4.78 is 0. The van der Waals surface area contributed by atoms with Crippen molar-refractivity contribution in [3.8, 4) is 0 Å². The Morgan fingerprint density at radius 1 is 1.62 bits per heavy atom. The largest absolute Gasteiger partial charge is 0.388 e. The molecular weight excluding hydrogens is 102 g/mol. The number of rotatable bonds is 1. The van der Waals surface area contributed by atoms with Gasteiger partial charge in [-0.05, 0) is 26.2 Å². The van der Waals surface area contributed by atoms with Crippen molar-refractivity contribution in [2.45, 2.75) is 37.8 Å². The Bertz CT molecular complexity index is 86.5. The molecule has 0 amide bonds. The topological polar surface area (TPSA) is 46.2 Å². The first-order valence-electron chi connectivity index (χ1n) is 3.13. The van der Waals surface area contributed by atoms with Gasteiger partial charge < -0.3 is 10.8 Å². The third-order valence-corrected chi connectivity index (χ3v) is 2.07. The Hall–Kier alpha value is -0.0800. The van der Waals surface area contributed by atoms with E-state index in [9.17, 15) is 5.11 Å². The van der Waals surface area contributed by atoms with Crippen molar-refractivity contribution in [1.82, 2.24) is 0 Å². The summed E-state index contributed by atoms with van der Waals surface area (Å²) in [4.78, 5) is 0. The van der Waals surface area contributed by atoms with Crippen LogP contribution in [0.4, 0.5) is 0 Å². The van der Waals surface area contributed by atoms with E-state index < -0.39 is 5.60 Å². The highest BCUT2D eigenvalue weighted by Crippen LogP contribution is 2.33. The summed E-state index contributed by atoms with van der Waals surface area (Å²) in [5, 5.41) is 9.36. The monoisotopic (exact) mass is 115 g/mol. The molecule has 1 saturated carbocycles. The zero-order valence-electron chi connectivity index (χ0n) is 5.22. The maximum atomic E-state index is 9.36. The van der Waals surface area contributed by atoms with E-state index in [4.69, 9.17) is 5.73 Å². The molecule has 0 saturated heterocycles. The third-order valence-electron chi connectivity index (χ3n) is 2.07. The van der Waals surface area contributed by atoms with Crippen molar-refractivity contribution < 1.29 is 5.11 Å². The first-order chi connectivity index (χ1) is 3.65. The predicted octanol–water partition coefficient (Wildman–Crippen LogP) is 0.249. The van der Waals surface area contributed by atoms with Crippen LogP contribution < -0.4 is 5.73 Å². The maximum Gasteiger partial charge on any atom is 0.0795 e. The molecule has 2 nitrogen and oxygen atoms in total. The third kappa shape index (κ3) is 0.740. The summed E-state index contributed by atoms with van der Waals surface area (Å²) in [6.07, 6.45) is 2.92. The quantitative estimate of drug-likeness (QED) is 0.514. The van der Waals surface area contributed by atoms with Crippen molar-refractivity contribution in [2.24, 2.45) is 5.73 Å². The Labute approximate surface area is 49.7 Å². The molecule has 2 heteroatoms. The second-order valence-corrected chi connectivity index (χ2v) is 2.75. The van der Waals surface area contributed by atoms with Gasteiger partial charge in [0.05, 0.1) is 5.60 Å². The molecule has 8 heavy (non-hydrogen) atoms. The molecule has 0 aromatic carbocycles. The molecule has 0 radical (unpaired) electrons. The zero-order valence-corrected chi connectivity index (χ0v) is 5.22. The minimum Gasteiger partial charge on any atom is -0.388 e. The Morgan fingerprint density at radius 3 is 2.12 bits per heavy atom. The summed E-state index contributed by atoms with van der Waals surface area (Å²) in [6, 6.07) is -0.0451. The van der Waals surface area contributed by atoms with Crippen LogP contribution in [0, 0.1) is 0 Å². The van der Waals surface area contributed by atoms with Gasteiger partial charge in [-0.1, -0.05) is 0 Å². The molecule has 0 aliphatic heterocycles. The number of aliphatic hydroxyl groups is 1. The molecule has 0 heterocycles. The first kappa shape index (κ1) is 6.05. The second-order valence-electron chi connectivity index (χ2n) is 2.75. The number of hydrogen-bond acceptors (Lipinski definition) is 2. The molecule has 1 aliphatic rings. The lowest BCUT2D eigenvalue weighted by Crippen LogP contribution is -2.51. The Kier molecular flexibility index (Phi) is 1.29. The van der Waals surface area contributed by atoms with Crippen LogP contribution in [-0.4, -0.2) is 16.7 Å². The molecule has 1 fully saturated rings. The van der Waals surface area contributed by atoms with E-state index in [1.807, 2.05) is 6.92 Å². The highest BCUT2D eigenvalue weighted by atomic mass is 16.3. The van der Waals surface area contributed by atoms with Gasteiger partial charge in [0.25, 0.3) is 0 Å². The average molecular weight is 115 g/mol. The molecule has 0 aromatic rings. The molecule has 1 atom stereocenters. The van der Waals surface area contributed by atoms with Crippen molar-refractivity contribution in [3.63, 3.8) is 0 Å². The minimum atomic E-state index is -0.500. The van der Waals surface area contributed by atoms with E-state index in [0.29, 0.717) is 0 Å². The van der Waals surface area contributed by atoms with Crippen LogP contribution >= 0.6 is 0 Å². The summed E-state index contributed by atoms with van der Waals surface area (Å²) in [5.41, 5.74) is 4.98. The lowest BCUT2D eigenvalue weighted by molar-refractivity contribution is -0.0501. The molecule has 0 bridgehead atoms. The van der Waals surface area contributed by atoms with Crippen molar-refractivity contribution in [1.29, 1.82) is 0 Å². The van der Waals surface area contributed by atoms with E-state index in [1.165, 1.54) is 0 Å². The molecule has 0 aromatic heterocycles. The van der Waals surface area contributed by atoms with Crippen LogP contribution in [0.25, 0.3) is 0 Å². The lowest BCUT2D eigenvalue weighted by atomic mass is 9.76. The Balaban J connectivity index is 2.41. The van der Waals surface area contributed by atoms with Crippen molar-refractivity contribution >= 4 is 0 Å². The van der Waals surface area contributed by atoms with E-state index in [-0.39, 0.29) is 6.04 Å². The molecule has 3 N–H and O–H groups in total. The first-order valence-corrected chi connectivity index (χ1v) is 3.13. The van der Waals surface area contributed by atoms with E-state index in [1.54, 1.807) is 0 Å². The summed E-state index contributed by atoms with van der Waals surface area (Å²) in [6.45, 7) is 1.86. The number of hydrogen-bond donors (Lipinski definition) is 2. The molecule has 1 rings (SSSR count). The highest BCUT2D eigenvalue weighted by Gasteiger charge is 2.37. The van der Waals surface area contributed by atoms with Crippen LogP contribution in [0.15, 0.2) is 0 Å². The van der Waals surface area contributed by atoms with Crippen LogP contribution in [0.1, 0.15) is 26.2 Å². The van der Waals surface area contributed by atoms with Crippen molar-refractivity contribution in [3.05, 3.63) is 0 Å². The predicted molar refractivity (Wildman–Crippen MR) is 32.5 cm³/mol. The Morgan fingerprint density at radius 2 is 2.12 bits per heavy atom. The molecule has 48 valence electrons. The van der Waals surface area contributed by atoms with Crippen LogP contribution in [0.3, 0.4) is 0 Å². The molecule has 0 unspecified atom stereocenters. The van der Waals surface area contributed by atoms with E-state index in [2.05, 4.69) is 0 Å². The smallest absolute Gasteiger partial charge is 0.0795 e. The second kappa shape index (κ2) is 1.71. The maximum absolute atomic E-state index is 9.36. The van der Waals surface area contributed by atoms with Gasteiger partial charge in [0.2, 0.25) is 0 Å². The van der Waals surface area contributed by atoms with E-state index in [0.717, 1.165) is 19.3 Å². The molecule has 1 aliphatic carbocycles. The van der Waals surface area contributed by atoms with Gasteiger partial charge in [-0.15, -0.1) is 0 Å². The normalized spacial score (nSPS) is 28.9. The number of nitrogens with two attached hydrogens (primary N) is 1. The SMILES string of the molecule is C[C@@H](N)C1(O)CCC1. The van der Waals surface area contributed by atoms with Gasteiger partial charge >= 0.3 is 0 Å². The van der Waals surface area contributed by atoms with Gasteiger partial charge in [-0.2, -0.15) is 0 Å². The lowest BCUT2D eigenvalue weighted by Gasteiger charge is -2.39. The summed E-state index contributed by atoms with van der Waals surface area (Å²) in [7, 11) is 0. The fourth-order valence-electron chi connectivity index (χ4n) is 0.994. The van der Waals surface area contributed by atoms with Crippen molar-refractivity contribution in [2.75, 3.05) is 0 Å². The average Bonchev–Trinajstić information content (AvgIpc) is 1.60. The zero-order chi connectivity index (χ0) is 6.20. The van der Waals surface area contributed by atoms with Crippen LogP contribution in [0.5, 0.6) is 0 Å². The fraction of sp³-hybridized carbons (Fsp3) is 1.00. The highest BCUT2D eigenvalue weighted by molar-refractivity contribution is 4.93. The summed E-state index contributed by atoms with van der Waals surface area (Å²) in [5.74, 6) is 0. The van der Waals surface area contributed by atoms with Crippen LogP contribution in [0.2, 0.25) is 0 Å². The van der Waals surface area contributed by atoms with Gasteiger partial charge in [0.1, 0.15) is 0 Å². The standard InChI is InChI=1S/C6H13NO/c1-5(7)6(8)3-2-4-6/h5,8H,2-4,7H2,1H3/t5-/m1/s1. The summed E-state index contributed by atoms with van der Waals surface area (Å²) >= 11 is 0. The minimum absolute atomic E-state index is 0.0451. The van der Waals surface area contributed by atoms with Gasteiger partial charge in [-0.3, -0.25) is 0 Å². The van der Waals surface area contributed by atoms with E-state index >= 15 is 0 Å².